The van der Waals surface area contributed by atoms with Gasteiger partial charge in [0.05, 0.1) is 7.11 Å². The van der Waals surface area contributed by atoms with Crippen LogP contribution in [0.2, 0.25) is 0 Å². The first-order valence-corrected chi connectivity index (χ1v) is 9.42. The second kappa shape index (κ2) is 11.9. The second-order valence-electron chi connectivity index (χ2n) is 7.36. The average Bonchev–Trinajstić information content (AvgIpc) is 2.62. The van der Waals surface area contributed by atoms with Crippen LogP contribution in [0.25, 0.3) is 6.08 Å². The minimum atomic E-state index is -0.0326. The number of carbonyl (C=O) groups is 1. The Kier molecular flexibility index (Phi) is 10.3. The van der Waals surface area contributed by atoms with E-state index in [1.807, 2.05) is 38.4 Å². The summed E-state index contributed by atoms with van der Waals surface area (Å²) in [7, 11) is 5.64. The molecule has 0 atom stereocenters. The van der Waals surface area contributed by atoms with Crippen molar-refractivity contribution >= 4 is 24.4 Å². The molecule has 5 nitrogen and oxygen atoms in total. The number of amides is 1. The quantitative estimate of drug-likeness (QED) is 0.679. The van der Waals surface area contributed by atoms with Crippen molar-refractivity contribution in [1.29, 1.82) is 0 Å². The summed E-state index contributed by atoms with van der Waals surface area (Å²) in [5, 5.41) is 3.10. The van der Waals surface area contributed by atoms with Gasteiger partial charge < -0.3 is 19.7 Å². The Morgan fingerprint density at radius 2 is 1.93 bits per heavy atom. The highest BCUT2D eigenvalue weighted by Gasteiger charge is 2.18. The van der Waals surface area contributed by atoms with Crippen LogP contribution in [-0.4, -0.2) is 51.2 Å². The molecule has 1 aromatic carbocycles. The monoisotopic (exact) mass is 396 g/mol. The van der Waals surface area contributed by atoms with Gasteiger partial charge in [0.25, 0.3) is 0 Å². The zero-order valence-electron chi connectivity index (χ0n) is 16.9. The molecule has 27 heavy (non-hydrogen) atoms. The largest absolute Gasteiger partial charge is 0.493 e. The molecule has 0 aliphatic heterocycles. The van der Waals surface area contributed by atoms with E-state index in [1.54, 1.807) is 13.2 Å². The molecule has 1 N–H and O–H groups in total. The number of methoxy groups -OCH3 is 1. The fourth-order valence-electron chi connectivity index (χ4n) is 3.07. The van der Waals surface area contributed by atoms with Gasteiger partial charge in [-0.25, -0.2) is 0 Å². The third-order valence-corrected chi connectivity index (χ3v) is 4.77. The molecule has 0 radical (unpaired) electrons. The van der Waals surface area contributed by atoms with Crippen LogP contribution >= 0.6 is 12.4 Å². The van der Waals surface area contributed by atoms with Crippen molar-refractivity contribution in [2.75, 3.05) is 34.4 Å². The summed E-state index contributed by atoms with van der Waals surface area (Å²) in [6.45, 7) is 3.71. The standard InChI is InChI=1S/C21H32N2O3.ClH/c1-16-5-9-18(10-6-16)22-21(24)12-8-17-7-11-19(20(15-17)25-4)26-14-13-23(2)3;/h7-8,11-12,15-16,18H,5-6,9-10,13-14H2,1-4H3,(H,22,24);1H/b12-8+;/t16-,18-;. The van der Waals surface area contributed by atoms with Crippen molar-refractivity contribution in [3.63, 3.8) is 0 Å². The van der Waals surface area contributed by atoms with E-state index in [2.05, 4.69) is 17.1 Å². The Labute approximate surface area is 169 Å². The molecule has 0 bridgehead atoms. The lowest BCUT2D eigenvalue weighted by molar-refractivity contribution is -0.117. The zero-order chi connectivity index (χ0) is 18.9. The van der Waals surface area contributed by atoms with Gasteiger partial charge in [0, 0.05) is 18.7 Å². The Hall–Kier alpha value is -1.72. The van der Waals surface area contributed by atoms with Crippen LogP contribution in [0.15, 0.2) is 24.3 Å². The van der Waals surface area contributed by atoms with E-state index in [0.29, 0.717) is 24.1 Å². The van der Waals surface area contributed by atoms with E-state index in [0.717, 1.165) is 30.9 Å². The predicted molar refractivity (Wildman–Crippen MR) is 113 cm³/mol. The van der Waals surface area contributed by atoms with E-state index in [1.165, 1.54) is 12.8 Å². The van der Waals surface area contributed by atoms with Gasteiger partial charge in [-0.05, 0) is 69.5 Å². The first kappa shape index (κ1) is 23.3. The molecule has 0 saturated heterocycles. The lowest BCUT2D eigenvalue weighted by Crippen LogP contribution is -2.36. The van der Waals surface area contributed by atoms with Gasteiger partial charge in [0.1, 0.15) is 6.61 Å². The second-order valence-corrected chi connectivity index (χ2v) is 7.36. The maximum absolute atomic E-state index is 12.1. The van der Waals surface area contributed by atoms with Gasteiger partial charge in [-0.2, -0.15) is 0 Å². The fourth-order valence-corrected chi connectivity index (χ4v) is 3.07. The summed E-state index contributed by atoms with van der Waals surface area (Å²) >= 11 is 0. The Morgan fingerprint density at radius 1 is 1.22 bits per heavy atom. The van der Waals surface area contributed by atoms with Gasteiger partial charge in [-0.3, -0.25) is 4.79 Å². The van der Waals surface area contributed by atoms with Crippen LogP contribution in [0.4, 0.5) is 0 Å². The number of hydrogen-bond donors (Lipinski definition) is 1. The molecular weight excluding hydrogens is 364 g/mol. The Morgan fingerprint density at radius 3 is 2.56 bits per heavy atom. The minimum Gasteiger partial charge on any atom is -0.493 e. The maximum atomic E-state index is 12.1. The van der Waals surface area contributed by atoms with E-state index in [-0.39, 0.29) is 18.3 Å². The van der Waals surface area contributed by atoms with Crippen molar-refractivity contribution in [1.82, 2.24) is 10.2 Å². The fraction of sp³-hybridized carbons (Fsp3) is 0.571. The average molecular weight is 397 g/mol. The van der Waals surface area contributed by atoms with Crippen LogP contribution in [0, 0.1) is 5.92 Å². The van der Waals surface area contributed by atoms with Gasteiger partial charge in [0.15, 0.2) is 11.5 Å². The highest BCUT2D eigenvalue weighted by Crippen LogP contribution is 2.28. The molecule has 152 valence electrons. The molecule has 1 aliphatic rings. The summed E-state index contributed by atoms with van der Waals surface area (Å²) in [6, 6.07) is 6.01. The molecular formula is C21H33ClN2O3. The van der Waals surface area contributed by atoms with E-state index < -0.39 is 0 Å². The minimum absolute atomic E-state index is 0. The first-order valence-electron chi connectivity index (χ1n) is 9.42. The van der Waals surface area contributed by atoms with Crippen LogP contribution < -0.4 is 14.8 Å². The molecule has 0 heterocycles. The molecule has 1 amide bonds. The normalized spacial score (nSPS) is 19.6. The van der Waals surface area contributed by atoms with Crippen molar-refractivity contribution < 1.29 is 14.3 Å². The summed E-state index contributed by atoms with van der Waals surface area (Å²) in [5.74, 6) is 2.14. The third kappa shape index (κ3) is 8.22. The van der Waals surface area contributed by atoms with Gasteiger partial charge in [-0.15, -0.1) is 12.4 Å². The Bertz CT molecular complexity index is 611. The number of hydrogen-bond acceptors (Lipinski definition) is 4. The lowest BCUT2D eigenvalue weighted by Gasteiger charge is -2.26. The number of nitrogens with one attached hydrogen (secondary N) is 1. The molecule has 1 aromatic rings. The molecule has 0 unspecified atom stereocenters. The molecule has 0 spiro atoms. The molecule has 1 saturated carbocycles. The number of ether oxygens (including phenoxy) is 2. The highest BCUT2D eigenvalue weighted by atomic mass is 35.5. The predicted octanol–water partition coefficient (Wildman–Crippen LogP) is 3.77. The number of likely N-dealkylation sites (N-methyl/N-ethyl adjacent to an activating group) is 1. The van der Waals surface area contributed by atoms with Gasteiger partial charge >= 0.3 is 0 Å². The lowest BCUT2D eigenvalue weighted by atomic mass is 9.87. The number of halogens is 1. The molecule has 1 aliphatic carbocycles. The van der Waals surface area contributed by atoms with Crippen LogP contribution in [0.1, 0.15) is 38.2 Å². The van der Waals surface area contributed by atoms with Crippen molar-refractivity contribution in [3.05, 3.63) is 29.8 Å². The van der Waals surface area contributed by atoms with Crippen molar-refractivity contribution in [2.45, 2.75) is 38.6 Å². The number of benzene rings is 1. The summed E-state index contributed by atoms with van der Waals surface area (Å²) < 4.78 is 11.2. The van der Waals surface area contributed by atoms with E-state index in [4.69, 9.17) is 9.47 Å². The van der Waals surface area contributed by atoms with Crippen molar-refractivity contribution in [3.8, 4) is 11.5 Å². The number of nitrogens with zero attached hydrogens (tertiary/aromatic N) is 1. The van der Waals surface area contributed by atoms with Crippen LogP contribution in [0.3, 0.4) is 0 Å². The van der Waals surface area contributed by atoms with Gasteiger partial charge in [0.2, 0.25) is 5.91 Å². The van der Waals surface area contributed by atoms with Crippen LogP contribution in [-0.2, 0) is 4.79 Å². The number of rotatable bonds is 8. The molecule has 1 fully saturated rings. The first-order chi connectivity index (χ1) is 12.5. The van der Waals surface area contributed by atoms with E-state index >= 15 is 0 Å². The summed E-state index contributed by atoms with van der Waals surface area (Å²) in [4.78, 5) is 14.2. The molecule has 6 heteroatoms. The third-order valence-electron chi connectivity index (χ3n) is 4.77. The summed E-state index contributed by atoms with van der Waals surface area (Å²) in [6.07, 6.45) is 7.95. The summed E-state index contributed by atoms with van der Waals surface area (Å²) in [5.41, 5.74) is 0.911. The number of carbonyl (C=O) groups excluding carboxylic acids is 1. The van der Waals surface area contributed by atoms with E-state index in [9.17, 15) is 4.79 Å². The SMILES string of the molecule is COc1cc(/C=C/C(=O)N[C@H]2CC[C@H](C)CC2)ccc1OCCN(C)C.Cl. The molecule has 0 aromatic heterocycles. The molecule has 2 rings (SSSR count). The zero-order valence-corrected chi connectivity index (χ0v) is 17.7. The Balaban J connectivity index is 0.00000364. The van der Waals surface area contributed by atoms with Crippen LogP contribution in [0.5, 0.6) is 11.5 Å². The maximum Gasteiger partial charge on any atom is 0.244 e. The topological polar surface area (TPSA) is 50.8 Å². The van der Waals surface area contributed by atoms with Gasteiger partial charge in [-0.1, -0.05) is 13.0 Å². The highest BCUT2D eigenvalue weighted by molar-refractivity contribution is 5.92. The van der Waals surface area contributed by atoms with Crippen molar-refractivity contribution in [2.24, 2.45) is 5.92 Å². The smallest absolute Gasteiger partial charge is 0.244 e.